The smallest absolute Gasteiger partial charge is 0.322 e. The van der Waals surface area contributed by atoms with Crippen LogP contribution in [0.5, 0.6) is 0 Å². The second kappa shape index (κ2) is 7.87. The standard InChI is InChI=1S/C19H30N4O2/c1-14-7-6-8-16(15(14)2)23-11-9-22(10-12-23)13-17(24)20-18(25)21-19(3,4)5/h6-8H,9-13H2,1-5H3,(H2,20,21,24,25)/p+1. The Morgan fingerprint density at radius 1 is 1.16 bits per heavy atom. The molecule has 1 aliphatic heterocycles. The molecule has 0 aliphatic carbocycles. The minimum Gasteiger partial charge on any atom is -0.360 e. The van der Waals surface area contributed by atoms with E-state index < -0.39 is 6.03 Å². The molecule has 25 heavy (non-hydrogen) atoms. The number of nitrogens with one attached hydrogen (secondary N) is 3. The lowest BCUT2D eigenvalue weighted by Gasteiger charge is -2.34. The summed E-state index contributed by atoms with van der Waals surface area (Å²) in [5.41, 5.74) is 3.56. The Balaban J connectivity index is 1.81. The van der Waals surface area contributed by atoms with E-state index in [2.05, 4.69) is 47.6 Å². The van der Waals surface area contributed by atoms with Gasteiger partial charge in [0.05, 0.1) is 26.2 Å². The lowest BCUT2D eigenvalue weighted by molar-refractivity contribution is -0.892. The number of quaternary nitrogens is 1. The fraction of sp³-hybridized carbons (Fsp3) is 0.579. The van der Waals surface area contributed by atoms with E-state index in [0.29, 0.717) is 6.54 Å². The van der Waals surface area contributed by atoms with Crippen LogP contribution in [0.4, 0.5) is 10.5 Å². The summed E-state index contributed by atoms with van der Waals surface area (Å²) in [5, 5.41) is 5.16. The largest absolute Gasteiger partial charge is 0.360 e. The zero-order valence-corrected chi connectivity index (χ0v) is 16.0. The molecule has 0 bridgehead atoms. The van der Waals surface area contributed by atoms with E-state index >= 15 is 0 Å². The molecule has 1 saturated heterocycles. The molecule has 1 fully saturated rings. The van der Waals surface area contributed by atoms with Crippen molar-refractivity contribution in [3.05, 3.63) is 29.3 Å². The Hall–Kier alpha value is -2.08. The number of urea groups is 1. The summed E-state index contributed by atoms with van der Waals surface area (Å²) in [4.78, 5) is 27.4. The van der Waals surface area contributed by atoms with Gasteiger partial charge in [0.2, 0.25) is 0 Å². The third kappa shape index (κ3) is 5.74. The van der Waals surface area contributed by atoms with E-state index in [1.807, 2.05) is 20.8 Å². The van der Waals surface area contributed by atoms with Crippen LogP contribution in [0.3, 0.4) is 0 Å². The highest BCUT2D eigenvalue weighted by atomic mass is 16.2. The maximum absolute atomic E-state index is 12.1. The summed E-state index contributed by atoms with van der Waals surface area (Å²) < 4.78 is 0. The SMILES string of the molecule is Cc1cccc(N2CC[NH+](CC(=O)NC(=O)NC(C)(C)C)CC2)c1C. The number of hydrogen-bond acceptors (Lipinski definition) is 3. The molecule has 138 valence electrons. The number of anilines is 1. The van der Waals surface area contributed by atoms with Crippen LogP contribution in [-0.4, -0.2) is 50.2 Å². The molecule has 1 heterocycles. The first-order chi connectivity index (χ1) is 11.7. The molecule has 0 spiro atoms. The average Bonchev–Trinajstić information content (AvgIpc) is 2.49. The molecule has 6 nitrogen and oxygen atoms in total. The number of hydrogen-bond donors (Lipinski definition) is 3. The van der Waals surface area contributed by atoms with E-state index in [0.717, 1.165) is 26.2 Å². The Morgan fingerprint density at radius 2 is 1.80 bits per heavy atom. The lowest BCUT2D eigenvalue weighted by atomic mass is 10.1. The third-order valence-corrected chi connectivity index (χ3v) is 4.54. The fourth-order valence-corrected chi connectivity index (χ4v) is 3.09. The molecule has 6 heteroatoms. The van der Waals surface area contributed by atoms with Crippen molar-refractivity contribution in [3.8, 4) is 0 Å². The molecule has 0 unspecified atom stereocenters. The van der Waals surface area contributed by atoms with Crippen molar-refractivity contribution in [2.24, 2.45) is 0 Å². The highest BCUT2D eigenvalue weighted by Crippen LogP contribution is 2.22. The number of nitrogens with zero attached hydrogens (tertiary/aromatic N) is 1. The van der Waals surface area contributed by atoms with Gasteiger partial charge in [0.1, 0.15) is 0 Å². The summed E-state index contributed by atoms with van der Waals surface area (Å²) >= 11 is 0. The molecule has 1 aliphatic rings. The van der Waals surface area contributed by atoms with Gasteiger partial charge in [-0.3, -0.25) is 10.1 Å². The number of imide groups is 1. The van der Waals surface area contributed by atoms with Gasteiger partial charge in [-0.05, 0) is 51.8 Å². The second-order valence-corrected chi connectivity index (χ2v) is 7.89. The molecule has 1 aromatic carbocycles. The van der Waals surface area contributed by atoms with E-state index in [9.17, 15) is 9.59 Å². The Bertz CT molecular complexity index is 629. The van der Waals surface area contributed by atoms with Gasteiger partial charge >= 0.3 is 6.03 Å². The molecular formula is C19H31N4O2+. The normalized spacial score (nSPS) is 15.8. The molecule has 3 amide bonds. The van der Waals surface area contributed by atoms with Crippen molar-refractivity contribution < 1.29 is 14.5 Å². The average molecular weight is 347 g/mol. The van der Waals surface area contributed by atoms with Crippen molar-refractivity contribution in [1.82, 2.24) is 10.6 Å². The predicted octanol–water partition coefficient (Wildman–Crippen LogP) is 0.633. The number of piperazine rings is 1. The summed E-state index contributed by atoms with van der Waals surface area (Å²) in [7, 11) is 0. The van der Waals surface area contributed by atoms with E-state index in [-0.39, 0.29) is 11.4 Å². The lowest BCUT2D eigenvalue weighted by Crippen LogP contribution is -3.16. The number of aryl methyl sites for hydroxylation is 1. The molecule has 0 aromatic heterocycles. The monoisotopic (exact) mass is 347 g/mol. The quantitative estimate of drug-likeness (QED) is 0.752. The molecule has 1 aromatic rings. The highest BCUT2D eigenvalue weighted by Gasteiger charge is 2.24. The topological polar surface area (TPSA) is 65.9 Å². The van der Waals surface area contributed by atoms with Gasteiger partial charge in [0.15, 0.2) is 6.54 Å². The summed E-state index contributed by atoms with van der Waals surface area (Å²) in [6.07, 6.45) is 0. The van der Waals surface area contributed by atoms with Gasteiger partial charge < -0.3 is 15.1 Å². The van der Waals surface area contributed by atoms with Gasteiger partial charge in [-0.15, -0.1) is 0 Å². The number of rotatable bonds is 3. The van der Waals surface area contributed by atoms with Crippen molar-refractivity contribution in [2.45, 2.75) is 40.2 Å². The van der Waals surface area contributed by atoms with Crippen LogP contribution in [0, 0.1) is 13.8 Å². The number of carbonyl (C=O) groups is 2. The molecule has 0 saturated carbocycles. The molecule has 0 radical (unpaired) electrons. The van der Waals surface area contributed by atoms with Crippen molar-refractivity contribution in [2.75, 3.05) is 37.6 Å². The van der Waals surface area contributed by atoms with Crippen LogP contribution in [0.1, 0.15) is 31.9 Å². The number of benzene rings is 1. The van der Waals surface area contributed by atoms with Gasteiger partial charge in [0, 0.05) is 11.2 Å². The number of carbonyl (C=O) groups excluding carboxylic acids is 2. The minimum absolute atomic E-state index is 0.225. The zero-order valence-electron chi connectivity index (χ0n) is 16.0. The van der Waals surface area contributed by atoms with Crippen LogP contribution >= 0.6 is 0 Å². The van der Waals surface area contributed by atoms with Gasteiger partial charge in [-0.2, -0.15) is 0 Å². The van der Waals surface area contributed by atoms with Crippen LogP contribution in [0.15, 0.2) is 18.2 Å². The maximum atomic E-state index is 12.1. The third-order valence-electron chi connectivity index (χ3n) is 4.54. The van der Waals surface area contributed by atoms with Crippen molar-refractivity contribution >= 4 is 17.6 Å². The van der Waals surface area contributed by atoms with Gasteiger partial charge in [-0.1, -0.05) is 12.1 Å². The van der Waals surface area contributed by atoms with Gasteiger partial charge in [-0.25, -0.2) is 4.79 Å². The van der Waals surface area contributed by atoms with Crippen molar-refractivity contribution in [3.63, 3.8) is 0 Å². The first-order valence-electron chi connectivity index (χ1n) is 8.92. The first kappa shape index (κ1) is 19.2. The number of amides is 3. The van der Waals surface area contributed by atoms with Crippen LogP contribution < -0.4 is 20.4 Å². The van der Waals surface area contributed by atoms with Crippen LogP contribution in [-0.2, 0) is 4.79 Å². The second-order valence-electron chi connectivity index (χ2n) is 7.89. The van der Waals surface area contributed by atoms with Crippen molar-refractivity contribution in [1.29, 1.82) is 0 Å². The molecule has 0 atom stereocenters. The molecule has 3 N–H and O–H groups in total. The summed E-state index contributed by atoms with van der Waals surface area (Å²) in [6, 6.07) is 5.97. The Kier molecular flexibility index (Phi) is 6.06. The highest BCUT2D eigenvalue weighted by molar-refractivity contribution is 5.94. The van der Waals surface area contributed by atoms with E-state index in [1.165, 1.54) is 21.7 Å². The molecular weight excluding hydrogens is 316 g/mol. The maximum Gasteiger partial charge on any atom is 0.322 e. The summed E-state index contributed by atoms with van der Waals surface area (Å²) in [5.74, 6) is -0.225. The Labute approximate surface area is 150 Å². The van der Waals surface area contributed by atoms with Crippen LogP contribution in [0.25, 0.3) is 0 Å². The van der Waals surface area contributed by atoms with Crippen LogP contribution in [0.2, 0.25) is 0 Å². The Morgan fingerprint density at radius 3 is 2.40 bits per heavy atom. The first-order valence-corrected chi connectivity index (χ1v) is 8.92. The fourth-order valence-electron chi connectivity index (χ4n) is 3.09. The molecule has 2 rings (SSSR count). The predicted molar refractivity (Wildman–Crippen MR) is 100 cm³/mol. The van der Waals surface area contributed by atoms with E-state index in [1.54, 1.807) is 0 Å². The van der Waals surface area contributed by atoms with E-state index in [4.69, 9.17) is 0 Å². The summed E-state index contributed by atoms with van der Waals surface area (Å²) in [6.45, 7) is 13.9. The van der Waals surface area contributed by atoms with Gasteiger partial charge in [0.25, 0.3) is 5.91 Å². The zero-order chi connectivity index (χ0) is 18.6. The minimum atomic E-state index is -0.425.